The van der Waals surface area contributed by atoms with Gasteiger partial charge in [-0.1, -0.05) is 13.8 Å². The monoisotopic (exact) mass is 267 g/mol. The van der Waals surface area contributed by atoms with E-state index in [0.29, 0.717) is 17.7 Å². The van der Waals surface area contributed by atoms with E-state index in [1.54, 1.807) is 25.6 Å². The molecule has 1 aromatic rings. The summed E-state index contributed by atoms with van der Waals surface area (Å²) in [5.41, 5.74) is 1.78. The Bertz CT molecular complexity index is 492. The summed E-state index contributed by atoms with van der Waals surface area (Å²) in [7, 11) is 1.75. The molecule has 1 heterocycles. The first-order chi connectivity index (χ1) is 8.73. The molecule has 0 radical (unpaired) electrons. The van der Waals surface area contributed by atoms with Gasteiger partial charge in [0.15, 0.2) is 0 Å². The van der Waals surface area contributed by atoms with Crippen molar-refractivity contribution in [1.29, 1.82) is 0 Å². The summed E-state index contributed by atoms with van der Waals surface area (Å²) >= 11 is 0. The molecule has 0 unspecified atom stereocenters. The second-order valence-corrected chi connectivity index (χ2v) is 5.16. The van der Waals surface area contributed by atoms with Gasteiger partial charge in [-0.15, -0.1) is 0 Å². The van der Waals surface area contributed by atoms with E-state index < -0.39 is 12.0 Å². The maximum absolute atomic E-state index is 12.2. The minimum atomic E-state index is -1.01. The van der Waals surface area contributed by atoms with Gasteiger partial charge in [0.1, 0.15) is 6.04 Å². The van der Waals surface area contributed by atoms with Gasteiger partial charge in [0.05, 0.1) is 11.3 Å². The quantitative estimate of drug-likeness (QED) is 0.841. The molecular weight excluding hydrogens is 246 g/mol. The predicted octanol–water partition coefficient (Wildman–Crippen LogP) is 1.27. The van der Waals surface area contributed by atoms with E-state index in [4.69, 9.17) is 5.11 Å². The Morgan fingerprint density at radius 2 is 1.95 bits per heavy atom. The van der Waals surface area contributed by atoms with Crippen LogP contribution in [0.25, 0.3) is 0 Å². The first-order valence-corrected chi connectivity index (χ1v) is 6.27. The van der Waals surface area contributed by atoms with Crippen LogP contribution in [0.4, 0.5) is 0 Å². The number of carbonyl (C=O) groups excluding carboxylic acids is 1. The molecule has 19 heavy (non-hydrogen) atoms. The highest BCUT2D eigenvalue weighted by Gasteiger charge is 2.24. The Balaban J connectivity index is 2.91. The van der Waals surface area contributed by atoms with Crippen LogP contribution in [-0.2, 0) is 11.8 Å². The molecule has 0 bridgehead atoms. The highest BCUT2D eigenvalue weighted by Crippen LogP contribution is 2.13. The maximum Gasteiger partial charge on any atom is 0.326 e. The molecule has 106 valence electrons. The number of nitrogens with one attached hydrogen (secondary N) is 1. The fourth-order valence-corrected chi connectivity index (χ4v) is 2.03. The van der Waals surface area contributed by atoms with E-state index in [0.717, 1.165) is 5.69 Å². The molecule has 0 aliphatic carbocycles. The van der Waals surface area contributed by atoms with Crippen molar-refractivity contribution in [2.24, 2.45) is 13.0 Å². The molecule has 2 N–H and O–H groups in total. The van der Waals surface area contributed by atoms with Crippen LogP contribution in [0.3, 0.4) is 0 Å². The first-order valence-electron chi connectivity index (χ1n) is 6.27. The van der Waals surface area contributed by atoms with Gasteiger partial charge in [-0.05, 0) is 26.2 Å². The van der Waals surface area contributed by atoms with Crippen molar-refractivity contribution in [3.05, 3.63) is 17.0 Å². The molecule has 1 atom stereocenters. The van der Waals surface area contributed by atoms with Crippen molar-refractivity contribution in [3.8, 4) is 0 Å². The lowest BCUT2D eigenvalue weighted by Crippen LogP contribution is -2.42. The number of hydrogen-bond donors (Lipinski definition) is 2. The molecule has 6 nitrogen and oxygen atoms in total. The van der Waals surface area contributed by atoms with Gasteiger partial charge in [0.25, 0.3) is 5.91 Å². The molecule has 0 fully saturated rings. The van der Waals surface area contributed by atoms with E-state index in [9.17, 15) is 9.59 Å². The molecule has 1 aromatic heterocycles. The van der Waals surface area contributed by atoms with Gasteiger partial charge in [-0.3, -0.25) is 9.48 Å². The molecule has 0 aliphatic heterocycles. The molecule has 1 amide bonds. The van der Waals surface area contributed by atoms with Gasteiger partial charge < -0.3 is 10.4 Å². The second kappa shape index (κ2) is 5.86. The topological polar surface area (TPSA) is 84.2 Å². The van der Waals surface area contributed by atoms with E-state index in [2.05, 4.69) is 10.4 Å². The van der Waals surface area contributed by atoms with Gasteiger partial charge >= 0.3 is 5.97 Å². The van der Waals surface area contributed by atoms with Crippen molar-refractivity contribution in [3.63, 3.8) is 0 Å². The molecule has 1 rings (SSSR count). The number of carboxylic acid groups (broad SMARTS) is 1. The first kappa shape index (κ1) is 15.2. The number of aryl methyl sites for hydroxylation is 2. The Labute approximate surface area is 112 Å². The van der Waals surface area contributed by atoms with Crippen LogP contribution in [0.15, 0.2) is 0 Å². The van der Waals surface area contributed by atoms with Crippen LogP contribution < -0.4 is 5.32 Å². The Kier molecular flexibility index (Phi) is 4.69. The van der Waals surface area contributed by atoms with Crippen LogP contribution in [0.2, 0.25) is 0 Å². The zero-order valence-corrected chi connectivity index (χ0v) is 12.0. The SMILES string of the molecule is Cc1nn(C)c(C)c1C(=O)N[C@@H](CC(C)C)C(=O)O. The van der Waals surface area contributed by atoms with Crippen LogP contribution in [-0.4, -0.2) is 32.8 Å². The van der Waals surface area contributed by atoms with Gasteiger partial charge in [-0.25, -0.2) is 4.79 Å². The lowest BCUT2D eigenvalue weighted by Gasteiger charge is -2.16. The third kappa shape index (κ3) is 3.56. The molecule has 0 saturated heterocycles. The van der Waals surface area contributed by atoms with Crippen molar-refractivity contribution in [1.82, 2.24) is 15.1 Å². The number of aliphatic carboxylic acids is 1. The normalized spacial score (nSPS) is 12.5. The van der Waals surface area contributed by atoms with Crippen molar-refractivity contribution < 1.29 is 14.7 Å². The highest BCUT2D eigenvalue weighted by molar-refractivity contribution is 5.98. The number of amides is 1. The summed E-state index contributed by atoms with van der Waals surface area (Å²) in [5.74, 6) is -1.20. The average molecular weight is 267 g/mol. The third-order valence-electron chi connectivity index (χ3n) is 3.05. The molecule has 0 aliphatic rings. The summed E-state index contributed by atoms with van der Waals surface area (Å²) in [6.45, 7) is 7.36. The Morgan fingerprint density at radius 1 is 1.37 bits per heavy atom. The summed E-state index contributed by atoms with van der Waals surface area (Å²) < 4.78 is 1.61. The second-order valence-electron chi connectivity index (χ2n) is 5.16. The molecule has 6 heteroatoms. The van der Waals surface area contributed by atoms with E-state index in [1.807, 2.05) is 13.8 Å². The number of carbonyl (C=O) groups is 2. The average Bonchev–Trinajstić information content (AvgIpc) is 2.51. The van der Waals surface area contributed by atoms with E-state index in [1.165, 1.54) is 0 Å². The standard InChI is InChI=1S/C13H21N3O3/c1-7(2)6-10(13(18)19)14-12(17)11-8(3)15-16(5)9(11)4/h7,10H,6H2,1-5H3,(H,14,17)(H,18,19)/t10-/m0/s1. The summed E-state index contributed by atoms with van der Waals surface area (Å²) in [5, 5.41) is 15.8. The fraction of sp³-hybridized carbons (Fsp3) is 0.615. The smallest absolute Gasteiger partial charge is 0.326 e. The van der Waals surface area contributed by atoms with Crippen molar-refractivity contribution in [2.45, 2.75) is 40.2 Å². The van der Waals surface area contributed by atoms with Crippen LogP contribution in [0.1, 0.15) is 42.0 Å². The summed E-state index contributed by atoms with van der Waals surface area (Å²) in [6, 6.07) is -0.869. The molecule has 0 aromatic carbocycles. The minimum Gasteiger partial charge on any atom is -0.480 e. The maximum atomic E-state index is 12.2. The molecule has 0 saturated carbocycles. The summed E-state index contributed by atoms with van der Waals surface area (Å²) in [4.78, 5) is 23.3. The van der Waals surface area contributed by atoms with Crippen molar-refractivity contribution in [2.75, 3.05) is 0 Å². The lowest BCUT2D eigenvalue weighted by atomic mass is 10.0. The number of carboxylic acids is 1. The third-order valence-corrected chi connectivity index (χ3v) is 3.05. The van der Waals surface area contributed by atoms with E-state index in [-0.39, 0.29) is 11.8 Å². The highest BCUT2D eigenvalue weighted by atomic mass is 16.4. The lowest BCUT2D eigenvalue weighted by molar-refractivity contribution is -0.139. The molecular formula is C13H21N3O3. The van der Waals surface area contributed by atoms with Gasteiger partial charge in [0.2, 0.25) is 0 Å². The van der Waals surface area contributed by atoms with Crippen LogP contribution >= 0.6 is 0 Å². The molecule has 0 spiro atoms. The van der Waals surface area contributed by atoms with Crippen molar-refractivity contribution >= 4 is 11.9 Å². The van der Waals surface area contributed by atoms with Gasteiger partial charge in [0, 0.05) is 12.7 Å². The van der Waals surface area contributed by atoms with Crippen LogP contribution in [0, 0.1) is 19.8 Å². The number of aromatic nitrogens is 2. The number of rotatable bonds is 5. The number of hydrogen-bond acceptors (Lipinski definition) is 3. The fourth-order valence-electron chi connectivity index (χ4n) is 2.03. The Morgan fingerprint density at radius 3 is 2.32 bits per heavy atom. The minimum absolute atomic E-state index is 0.192. The predicted molar refractivity (Wildman–Crippen MR) is 71.0 cm³/mol. The zero-order chi connectivity index (χ0) is 14.7. The zero-order valence-electron chi connectivity index (χ0n) is 12.0. The largest absolute Gasteiger partial charge is 0.480 e. The number of nitrogens with zero attached hydrogens (tertiary/aromatic N) is 2. The Hall–Kier alpha value is -1.85. The van der Waals surface area contributed by atoms with Crippen LogP contribution in [0.5, 0.6) is 0 Å². The van der Waals surface area contributed by atoms with Gasteiger partial charge in [-0.2, -0.15) is 5.10 Å². The van der Waals surface area contributed by atoms with E-state index >= 15 is 0 Å². The summed E-state index contributed by atoms with van der Waals surface area (Å²) in [6.07, 6.45) is 0.402.